The number of carbonyl (C=O) groups is 2. The van der Waals surface area contributed by atoms with Gasteiger partial charge in [0.25, 0.3) is 5.91 Å². The molecule has 1 saturated carbocycles. The standard InChI is InChI=1S/C20H25N3O4.ClH/c1-26-18-8-7-15(22-20(25)14-9-16(11-21)27-12-14)10-17(18)23-19(24)13-5-3-2-4-6-13;/h7-10,12-13H,2-6,11,21H2,1H3,(H,22,25)(H,23,24);1H. The number of ether oxygens (including phenoxy) is 1. The number of methoxy groups -OCH3 is 1. The van der Waals surface area contributed by atoms with Gasteiger partial charge in [0.2, 0.25) is 5.91 Å². The molecule has 152 valence electrons. The number of carbonyl (C=O) groups excluding carboxylic acids is 2. The Balaban J connectivity index is 0.00000280. The summed E-state index contributed by atoms with van der Waals surface area (Å²) in [5.41, 5.74) is 6.98. The molecule has 2 aromatic rings. The SMILES string of the molecule is COc1ccc(NC(=O)c2coc(CN)c2)cc1NC(=O)C1CCCCC1.Cl. The van der Waals surface area contributed by atoms with Crippen LogP contribution in [0.2, 0.25) is 0 Å². The van der Waals surface area contributed by atoms with E-state index in [1.54, 1.807) is 31.4 Å². The quantitative estimate of drug-likeness (QED) is 0.672. The normalized spacial score (nSPS) is 14.1. The molecule has 1 aliphatic carbocycles. The Morgan fingerprint density at radius 1 is 1.18 bits per heavy atom. The molecule has 1 aromatic carbocycles. The van der Waals surface area contributed by atoms with Crippen LogP contribution in [0.5, 0.6) is 5.75 Å². The molecule has 1 aromatic heterocycles. The van der Waals surface area contributed by atoms with Crippen molar-refractivity contribution in [2.24, 2.45) is 11.7 Å². The van der Waals surface area contributed by atoms with Crippen LogP contribution in [-0.4, -0.2) is 18.9 Å². The third kappa shape index (κ3) is 5.27. The molecule has 2 amide bonds. The zero-order valence-electron chi connectivity index (χ0n) is 15.8. The highest BCUT2D eigenvalue weighted by Crippen LogP contribution is 2.31. The third-order valence-electron chi connectivity index (χ3n) is 4.81. The summed E-state index contributed by atoms with van der Waals surface area (Å²) in [4.78, 5) is 24.9. The Kier molecular flexibility index (Phi) is 7.90. The first-order valence-electron chi connectivity index (χ1n) is 9.18. The van der Waals surface area contributed by atoms with E-state index in [0.717, 1.165) is 25.7 Å². The molecule has 0 spiro atoms. The second kappa shape index (κ2) is 10.1. The van der Waals surface area contributed by atoms with Crippen molar-refractivity contribution in [3.8, 4) is 5.75 Å². The van der Waals surface area contributed by atoms with Gasteiger partial charge in [-0.3, -0.25) is 9.59 Å². The largest absolute Gasteiger partial charge is 0.495 e. The molecule has 1 fully saturated rings. The van der Waals surface area contributed by atoms with Crippen molar-refractivity contribution in [1.29, 1.82) is 0 Å². The van der Waals surface area contributed by atoms with Crippen molar-refractivity contribution >= 4 is 35.6 Å². The van der Waals surface area contributed by atoms with Crippen LogP contribution in [0.1, 0.15) is 48.2 Å². The molecule has 8 heteroatoms. The summed E-state index contributed by atoms with van der Waals surface area (Å²) in [5, 5.41) is 5.74. The van der Waals surface area contributed by atoms with Crippen LogP contribution in [0.4, 0.5) is 11.4 Å². The summed E-state index contributed by atoms with van der Waals surface area (Å²) < 4.78 is 10.5. The van der Waals surface area contributed by atoms with Crippen molar-refractivity contribution < 1.29 is 18.7 Å². The molecule has 3 rings (SSSR count). The van der Waals surface area contributed by atoms with Gasteiger partial charge in [0.05, 0.1) is 24.9 Å². The summed E-state index contributed by atoms with van der Waals surface area (Å²) in [6.45, 7) is 0.229. The fourth-order valence-corrected chi connectivity index (χ4v) is 3.29. The molecule has 28 heavy (non-hydrogen) atoms. The second-order valence-corrected chi connectivity index (χ2v) is 6.70. The number of rotatable bonds is 6. The molecule has 0 radical (unpaired) electrons. The van der Waals surface area contributed by atoms with Gasteiger partial charge in [0.1, 0.15) is 17.8 Å². The summed E-state index contributed by atoms with van der Waals surface area (Å²) in [5.74, 6) is 0.801. The molecule has 7 nitrogen and oxygen atoms in total. The van der Waals surface area contributed by atoms with Crippen LogP contribution >= 0.6 is 12.4 Å². The lowest BCUT2D eigenvalue weighted by atomic mass is 9.88. The zero-order valence-corrected chi connectivity index (χ0v) is 16.6. The van der Waals surface area contributed by atoms with Gasteiger partial charge >= 0.3 is 0 Å². The van der Waals surface area contributed by atoms with E-state index in [4.69, 9.17) is 14.9 Å². The monoisotopic (exact) mass is 407 g/mol. The van der Waals surface area contributed by atoms with E-state index >= 15 is 0 Å². The predicted molar refractivity (Wildman–Crippen MR) is 110 cm³/mol. The van der Waals surface area contributed by atoms with Gasteiger partial charge in [0.15, 0.2) is 0 Å². The fourth-order valence-electron chi connectivity index (χ4n) is 3.29. The average Bonchev–Trinajstić information content (AvgIpc) is 3.18. The Morgan fingerprint density at radius 2 is 1.93 bits per heavy atom. The Hall–Kier alpha value is -2.51. The number of hydrogen-bond donors (Lipinski definition) is 3. The summed E-state index contributed by atoms with van der Waals surface area (Å²) >= 11 is 0. The lowest BCUT2D eigenvalue weighted by Crippen LogP contribution is -2.25. The third-order valence-corrected chi connectivity index (χ3v) is 4.81. The van der Waals surface area contributed by atoms with E-state index in [2.05, 4.69) is 10.6 Å². The lowest BCUT2D eigenvalue weighted by Gasteiger charge is -2.21. The molecule has 1 aliphatic rings. The first-order valence-corrected chi connectivity index (χ1v) is 9.18. The van der Waals surface area contributed by atoms with Crippen LogP contribution in [0, 0.1) is 5.92 Å². The number of amides is 2. The maximum atomic E-state index is 12.5. The van der Waals surface area contributed by atoms with E-state index in [-0.39, 0.29) is 36.7 Å². The number of nitrogens with one attached hydrogen (secondary N) is 2. The molecule has 0 bridgehead atoms. The van der Waals surface area contributed by atoms with Crippen molar-refractivity contribution in [3.63, 3.8) is 0 Å². The lowest BCUT2D eigenvalue weighted by molar-refractivity contribution is -0.120. The van der Waals surface area contributed by atoms with Crippen molar-refractivity contribution in [2.45, 2.75) is 38.6 Å². The summed E-state index contributed by atoms with van der Waals surface area (Å²) in [6.07, 6.45) is 6.55. The Labute approximate surface area is 170 Å². The van der Waals surface area contributed by atoms with Crippen LogP contribution in [0.25, 0.3) is 0 Å². The van der Waals surface area contributed by atoms with Crippen molar-refractivity contribution in [1.82, 2.24) is 0 Å². The van der Waals surface area contributed by atoms with Crippen molar-refractivity contribution in [3.05, 3.63) is 41.9 Å². The minimum Gasteiger partial charge on any atom is -0.495 e. The number of furan rings is 1. The van der Waals surface area contributed by atoms with Crippen LogP contribution in [-0.2, 0) is 11.3 Å². The van der Waals surface area contributed by atoms with Gasteiger partial charge in [-0.25, -0.2) is 0 Å². The average molecular weight is 408 g/mol. The van der Waals surface area contributed by atoms with Crippen LogP contribution in [0.3, 0.4) is 0 Å². The molecule has 4 N–H and O–H groups in total. The minimum atomic E-state index is -0.312. The number of benzene rings is 1. The van der Waals surface area contributed by atoms with E-state index in [1.807, 2.05) is 0 Å². The minimum absolute atomic E-state index is 0. The summed E-state index contributed by atoms with van der Waals surface area (Å²) in [6, 6.07) is 6.73. The zero-order chi connectivity index (χ0) is 19.2. The Morgan fingerprint density at radius 3 is 2.57 bits per heavy atom. The number of nitrogens with two attached hydrogens (primary N) is 1. The maximum absolute atomic E-state index is 12.5. The highest BCUT2D eigenvalue weighted by Gasteiger charge is 2.22. The fraction of sp³-hybridized carbons (Fsp3) is 0.400. The van der Waals surface area contributed by atoms with E-state index in [1.165, 1.54) is 12.7 Å². The van der Waals surface area contributed by atoms with Crippen LogP contribution in [0.15, 0.2) is 34.9 Å². The Bertz CT molecular complexity index is 816. The molecular weight excluding hydrogens is 382 g/mol. The maximum Gasteiger partial charge on any atom is 0.258 e. The van der Waals surface area contributed by atoms with E-state index in [0.29, 0.717) is 28.4 Å². The molecule has 0 aliphatic heterocycles. The number of anilines is 2. The predicted octanol–water partition coefficient (Wildman–Crippen LogP) is 3.94. The topological polar surface area (TPSA) is 107 Å². The van der Waals surface area contributed by atoms with Crippen LogP contribution < -0.4 is 21.1 Å². The molecule has 0 atom stereocenters. The van der Waals surface area contributed by atoms with Gasteiger partial charge < -0.3 is 25.5 Å². The first-order chi connectivity index (χ1) is 13.1. The number of halogens is 1. The van der Waals surface area contributed by atoms with E-state index < -0.39 is 0 Å². The molecular formula is C20H26ClN3O4. The first kappa shape index (κ1) is 21.8. The van der Waals surface area contributed by atoms with Gasteiger partial charge in [-0.05, 0) is 37.1 Å². The van der Waals surface area contributed by atoms with Gasteiger partial charge in [0, 0.05) is 11.6 Å². The second-order valence-electron chi connectivity index (χ2n) is 6.70. The molecule has 0 unspecified atom stereocenters. The number of hydrogen-bond acceptors (Lipinski definition) is 5. The van der Waals surface area contributed by atoms with Gasteiger partial charge in [-0.2, -0.15) is 0 Å². The summed E-state index contributed by atoms with van der Waals surface area (Å²) in [7, 11) is 1.55. The molecule has 1 heterocycles. The van der Waals surface area contributed by atoms with E-state index in [9.17, 15) is 9.59 Å². The van der Waals surface area contributed by atoms with Gasteiger partial charge in [-0.1, -0.05) is 19.3 Å². The highest BCUT2D eigenvalue weighted by atomic mass is 35.5. The van der Waals surface area contributed by atoms with Crippen molar-refractivity contribution in [2.75, 3.05) is 17.7 Å². The van der Waals surface area contributed by atoms with Gasteiger partial charge in [-0.15, -0.1) is 12.4 Å². The smallest absolute Gasteiger partial charge is 0.258 e. The highest BCUT2D eigenvalue weighted by molar-refractivity contribution is 6.04. The molecule has 0 saturated heterocycles.